The second kappa shape index (κ2) is 3.60. The van der Waals surface area contributed by atoms with Gasteiger partial charge < -0.3 is 10.2 Å². The molecule has 0 aromatic carbocycles. The fourth-order valence-corrected chi connectivity index (χ4v) is 1.57. The van der Waals surface area contributed by atoms with E-state index in [2.05, 4.69) is 0 Å². The van der Waals surface area contributed by atoms with E-state index >= 15 is 0 Å². The van der Waals surface area contributed by atoms with E-state index in [0.717, 1.165) is 6.42 Å². The van der Waals surface area contributed by atoms with Crippen LogP contribution in [0, 0.1) is 11.8 Å². The molecule has 4 nitrogen and oxygen atoms in total. The first-order valence-corrected chi connectivity index (χ1v) is 4.20. The first-order valence-electron chi connectivity index (χ1n) is 4.20. The highest BCUT2D eigenvalue weighted by Gasteiger charge is 2.30. The minimum absolute atomic E-state index is 0.0336. The number of hydrogen-bond donors (Lipinski definition) is 2. The summed E-state index contributed by atoms with van der Waals surface area (Å²) in [6.45, 7) is 1.89. The van der Waals surface area contributed by atoms with Crippen LogP contribution in [-0.2, 0) is 9.59 Å². The SMILES string of the molecule is CC1C=C(C(=O)O)C(C(=O)O)CC1. The average molecular weight is 184 g/mol. The maximum Gasteiger partial charge on any atom is 0.332 e. The minimum Gasteiger partial charge on any atom is -0.481 e. The molecule has 0 bridgehead atoms. The van der Waals surface area contributed by atoms with E-state index in [4.69, 9.17) is 10.2 Å². The molecule has 0 amide bonds. The Bertz CT molecular complexity index is 267. The smallest absolute Gasteiger partial charge is 0.332 e. The molecular weight excluding hydrogens is 172 g/mol. The zero-order valence-electron chi connectivity index (χ0n) is 7.36. The summed E-state index contributed by atoms with van der Waals surface area (Å²) in [6.07, 6.45) is 2.72. The lowest BCUT2D eigenvalue weighted by atomic mass is 9.83. The second-order valence-corrected chi connectivity index (χ2v) is 3.37. The molecule has 72 valence electrons. The first kappa shape index (κ1) is 9.77. The van der Waals surface area contributed by atoms with Crippen molar-refractivity contribution < 1.29 is 19.8 Å². The molecule has 0 fully saturated rings. The van der Waals surface area contributed by atoms with Gasteiger partial charge in [-0.25, -0.2) is 4.79 Å². The van der Waals surface area contributed by atoms with E-state index in [1.54, 1.807) is 6.08 Å². The topological polar surface area (TPSA) is 74.6 Å². The van der Waals surface area contributed by atoms with Crippen molar-refractivity contribution in [2.24, 2.45) is 11.8 Å². The molecule has 13 heavy (non-hydrogen) atoms. The van der Waals surface area contributed by atoms with Crippen molar-refractivity contribution in [3.8, 4) is 0 Å². The summed E-state index contributed by atoms with van der Waals surface area (Å²) in [4.78, 5) is 21.4. The summed E-state index contributed by atoms with van der Waals surface area (Å²) in [5, 5.41) is 17.5. The number of hydrogen-bond acceptors (Lipinski definition) is 2. The van der Waals surface area contributed by atoms with Crippen LogP contribution in [0.25, 0.3) is 0 Å². The highest BCUT2D eigenvalue weighted by atomic mass is 16.4. The predicted octanol–water partition coefficient (Wildman–Crippen LogP) is 1.13. The zero-order valence-corrected chi connectivity index (χ0v) is 7.36. The van der Waals surface area contributed by atoms with E-state index < -0.39 is 17.9 Å². The van der Waals surface area contributed by atoms with Crippen molar-refractivity contribution in [3.05, 3.63) is 11.6 Å². The summed E-state index contributed by atoms with van der Waals surface area (Å²) >= 11 is 0. The molecule has 0 aromatic rings. The number of carbonyl (C=O) groups is 2. The third-order valence-electron chi connectivity index (χ3n) is 2.30. The van der Waals surface area contributed by atoms with Gasteiger partial charge in [0.1, 0.15) is 0 Å². The normalized spacial score (nSPS) is 27.9. The Morgan fingerprint density at radius 1 is 1.38 bits per heavy atom. The fraction of sp³-hybridized carbons (Fsp3) is 0.556. The van der Waals surface area contributed by atoms with Crippen molar-refractivity contribution in [2.75, 3.05) is 0 Å². The van der Waals surface area contributed by atoms with Crippen LogP contribution in [0.2, 0.25) is 0 Å². The maximum absolute atomic E-state index is 10.7. The Morgan fingerprint density at radius 2 is 2.00 bits per heavy atom. The predicted molar refractivity (Wildman–Crippen MR) is 45.2 cm³/mol. The van der Waals surface area contributed by atoms with Gasteiger partial charge in [0.25, 0.3) is 0 Å². The lowest BCUT2D eigenvalue weighted by molar-refractivity contribution is -0.144. The monoisotopic (exact) mass is 184 g/mol. The van der Waals surface area contributed by atoms with E-state index in [1.807, 2.05) is 6.92 Å². The maximum atomic E-state index is 10.7. The van der Waals surface area contributed by atoms with Crippen LogP contribution in [0.15, 0.2) is 11.6 Å². The summed E-state index contributed by atoms with van der Waals surface area (Å²) in [7, 11) is 0. The van der Waals surface area contributed by atoms with Gasteiger partial charge in [0.15, 0.2) is 0 Å². The van der Waals surface area contributed by atoms with Crippen molar-refractivity contribution in [2.45, 2.75) is 19.8 Å². The van der Waals surface area contributed by atoms with Crippen LogP contribution in [-0.4, -0.2) is 22.2 Å². The summed E-state index contributed by atoms with van der Waals surface area (Å²) < 4.78 is 0. The standard InChI is InChI=1S/C9H12O4/c1-5-2-3-6(8(10)11)7(4-5)9(12)13/h4-6H,2-3H2,1H3,(H,10,11)(H,12,13). The Morgan fingerprint density at radius 3 is 2.46 bits per heavy atom. The third kappa shape index (κ3) is 2.08. The molecule has 1 aliphatic rings. The summed E-state index contributed by atoms with van der Waals surface area (Å²) in [5.74, 6) is -2.81. The first-order chi connectivity index (χ1) is 6.02. The molecule has 4 heteroatoms. The summed E-state index contributed by atoms with van der Waals surface area (Å²) in [5.41, 5.74) is 0.0336. The van der Waals surface area contributed by atoms with Gasteiger partial charge in [-0.15, -0.1) is 0 Å². The van der Waals surface area contributed by atoms with Crippen molar-refractivity contribution in [1.82, 2.24) is 0 Å². The molecule has 0 aliphatic heterocycles. The number of carboxylic acids is 2. The molecule has 1 rings (SSSR count). The van der Waals surface area contributed by atoms with Crippen LogP contribution < -0.4 is 0 Å². The Hall–Kier alpha value is -1.32. The van der Waals surface area contributed by atoms with Crippen LogP contribution in [0.5, 0.6) is 0 Å². The number of rotatable bonds is 2. The van der Waals surface area contributed by atoms with Gasteiger partial charge in [-0.2, -0.15) is 0 Å². The van der Waals surface area contributed by atoms with Crippen LogP contribution >= 0.6 is 0 Å². The lowest BCUT2D eigenvalue weighted by Crippen LogP contribution is -2.25. The molecule has 0 spiro atoms. The highest BCUT2D eigenvalue weighted by molar-refractivity contribution is 5.94. The van der Waals surface area contributed by atoms with Crippen molar-refractivity contribution in [1.29, 1.82) is 0 Å². The molecule has 0 heterocycles. The van der Waals surface area contributed by atoms with Gasteiger partial charge in [0.2, 0.25) is 0 Å². The average Bonchev–Trinajstić information content (AvgIpc) is 2.03. The number of carboxylic acid groups (broad SMARTS) is 2. The molecule has 0 saturated heterocycles. The van der Waals surface area contributed by atoms with Gasteiger partial charge in [0.05, 0.1) is 5.92 Å². The molecule has 2 unspecified atom stereocenters. The Kier molecular flexibility index (Phi) is 2.70. The van der Waals surface area contributed by atoms with Crippen molar-refractivity contribution in [3.63, 3.8) is 0 Å². The third-order valence-corrected chi connectivity index (χ3v) is 2.30. The molecule has 0 aromatic heterocycles. The quantitative estimate of drug-likeness (QED) is 0.674. The van der Waals surface area contributed by atoms with E-state index in [-0.39, 0.29) is 11.5 Å². The van der Waals surface area contributed by atoms with Gasteiger partial charge in [-0.3, -0.25) is 4.79 Å². The molecule has 1 aliphatic carbocycles. The van der Waals surface area contributed by atoms with Gasteiger partial charge >= 0.3 is 11.9 Å². The largest absolute Gasteiger partial charge is 0.481 e. The molecule has 0 radical (unpaired) electrons. The van der Waals surface area contributed by atoms with E-state index in [0.29, 0.717) is 6.42 Å². The van der Waals surface area contributed by atoms with E-state index in [1.165, 1.54) is 0 Å². The lowest BCUT2D eigenvalue weighted by Gasteiger charge is -2.21. The molecule has 2 atom stereocenters. The molecular formula is C9H12O4. The van der Waals surface area contributed by atoms with Crippen LogP contribution in [0.3, 0.4) is 0 Å². The highest BCUT2D eigenvalue weighted by Crippen LogP contribution is 2.28. The molecule has 2 N–H and O–H groups in total. The van der Waals surface area contributed by atoms with Gasteiger partial charge in [-0.1, -0.05) is 13.0 Å². The van der Waals surface area contributed by atoms with Crippen LogP contribution in [0.4, 0.5) is 0 Å². The summed E-state index contributed by atoms with van der Waals surface area (Å²) in [6, 6.07) is 0. The Labute approximate surface area is 75.9 Å². The second-order valence-electron chi connectivity index (χ2n) is 3.37. The number of aliphatic carboxylic acids is 2. The van der Waals surface area contributed by atoms with Crippen molar-refractivity contribution >= 4 is 11.9 Å². The zero-order chi connectivity index (χ0) is 10.0. The van der Waals surface area contributed by atoms with Gasteiger partial charge in [0, 0.05) is 5.57 Å². The Balaban J connectivity index is 2.93. The fourth-order valence-electron chi connectivity index (χ4n) is 1.57. The minimum atomic E-state index is -1.11. The van der Waals surface area contributed by atoms with Gasteiger partial charge in [-0.05, 0) is 18.8 Å². The van der Waals surface area contributed by atoms with Crippen LogP contribution in [0.1, 0.15) is 19.8 Å². The van der Waals surface area contributed by atoms with E-state index in [9.17, 15) is 9.59 Å². The number of allylic oxidation sites excluding steroid dienone is 1. The molecule has 0 saturated carbocycles.